The van der Waals surface area contributed by atoms with Crippen molar-refractivity contribution < 1.29 is 14.3 Å². The average molecular weight is 498 g/mol. The van der Waals surface area contributed by atoms with Gasteiger partial charge < -0.3 is 15.0 Å². The Morgan fingerprint density at radius 2 is 1.73 bits per heavy atom. The SMILES string of the molecule is C[C@H](NC(=O)[C@H]1CCCC[C@@H]1c1ccc(CN(C(=O)Oc2cccnc2)C2CC2)cc1)c1ccccc1. The molecule has 2 aliphatic rings. The number of amides is 2. The summed E-state index contributed by atoms with van der Waals surface area (Å²) in [5.74, 6) is 0.781. The first-order valence-corrected chi connectivity index (χ1v) is 13.4. The first-order chi connectivity index (χ1) is 18.1. The fraction of sp³-hybridized carbons (Fsp3) is 0.387. The van der Waals surface area contributed by atoms with Crippen LogP contribution in [0.2, 0.25) is 0 Å². The Labute approximate surface area is 219 Å². The van der Waals surface area contributed by atoms with Crippen LogP contribution < -0.4 is 10.1 Å². The van der Waals surface area contributed by atoms with E-state index in [1.807, 2.05) is 30.0 Å². The van der Waals surface area contributed by atoms with E-state index in [9.17, 15) is 9.59 Å². The molecule has 6 heteroatoms. The van der Waals surface area contributed by atoms with Crippen molar-refractivity contribution in [2.24, 2.45) is 5.92 Å². The fourth-order valence-electron chi connectivity index (χ4n) is 5.35. The zero-order valence-corrected chi connectivity index (χ0v) is 21.4. The first kappa shape index (κ1) is 25.0. The highest BCUT2D eigenvalue weighted by molar-refractivity contribution is 5.80. The van der Waals surface area contributed by atoms with Crippen LogP contribution in [0.3, 0.4) is 0 Å². The number of hydrogen-bond donors (Lipinski definition) is 1. The van der Waals surface area contributed by atoms with E-state index in [2.05, 4.69) is 46.7 Å². The molecular formula is C31H35N3O3. The van der Waals surface area contributed by atoms with E-state index in [1.54, 1.807) is 24.5 Å². The Morgan fingerprint density at radius 1 is 0.973 bits per heavy atom. The molecule has 5 rings (SSSR count). The highest BCUT2D eigenvalue weighted by atomic mass is 16.6. The number of carbonyl (C=O) groups excluding carboxylic acids is 2. The zero-order valence-electron chi connectivity index (χ0n) is 21.4. The predicted octanol–water partition coefficient (Wildman–Crippen LogP) is 6.40. The van der Waals surface area contributed by atoms with Gasteiger partial charge in [-0.1, -0.05) is 67.4 Å². The highest BCUT2D eigenvalue weighted by Crippen LogP contribution is 2.38. The maximum Gasteiger partial charge on any atom is 0.415 e. The van der Waals surface area contributed by atoms with Gasteiger partial charge in [-0.15, -0.1) is 0 Å². The summed E-state index contributed by atoms with van der Waals surface area (Å²) < 4.78 is 5.55. The van der Waals surface area contributed by atoms with Gasteiger partial charge in [0.25, 0.3) is 0 Å². The number of benzene rings is 2. The van der Waals surface area contributed by atoms with E-state index in [0.717, 1.165) is 49.7 Å². The number of hydrogen-bond acceptors (Lipinski definition) is 4. The summed E-state index contributed by atoms with van der Waals surface area (Å²) in [6.07, 6.45) is 9.02. The Morgan fingerprint density at radius 3 is 2.43 bits per heavy atom. The topological polar surface area (TPSA) is 71.5 Å². The van der Waals surface area contributed by atoms with Gasteiger partial charge in [0.1, 0.15) is 0 Å². The fourth-order valence-corrected chi connectivity index (χ4v) is 5.35. The lowest BCUT2D eigenvalue weighted by molar-refractivity contribution is -0.127. The molecule has 0 unspecified atom stereocenters. The van der Waals surface area contributed by atoms with Crippen LogP contribution >= 0.6 is 0 Å². The van der Waals surface area contributed by atoms with E-state index >= 15 is 0 Å². The smallest absolute Gasteiger partial charge is 0.409 e. The zero-order chi connectivity index (χ0) is 25.6. The molecule has 1 aromatic heterocycles. The maximum atomic E-state index is 13.3. The molecule has 2 amide bonds. The number of nitrogens with zero attached hydrogens (tertiary/aromatic N) is 2. The van der Waals surface area contributed by atoms with Gasteiger partial charge in [-0.3, -0.25) is 9.78 Å². The minimum absolute atomic E-state index is 0.0153. The number of aromatic nitrogens is 1. The third kappa shape index (κ3) is 6.37. The van der Waals surface area contributed by atoms with E-state index in [1.165, 1.54) is 5.56 Å². The van der Waals surface area contributed by atoms with Crippen molar-refractivity contribution in [3.63, 3.8) is 0 Å². The molecule has 2 saturated carbocycles. The summed E-state index contributed by atoms with van der Waals surface area (Å²) in [6, 6.07) is 22.3. The van der Waals surface area contributed by atoms with Crippen molar-refractivity contribution in [3.8, 4) is 5.75 Å². The van der Waals surface area contributed by atoms with Crippen LogP contribution in [0.5, 0.6) is 5.75 Å². The molecule has 0 radical (unpaired) electrons. The Kier molecular flexibility index (Phi) is 7.83. The van der Waals surface area contributed by atoms with Crippen molar-refractivity contribution in [2.75, 3.05) is 0 Å². The summed E-state index contributed by atoms with van der Waals surface area (Å²) in [7, 11) is 0. The van der Waals surface area contributed by atoms with Crippen LogP contribution in [0.25, 0.3) is 0 Å². The summed E-state index contributed by atoms with van der Waals surface area (Å²) in [6.45, 7) is 2.55. The minimum atomic E-state index is -0.337. The second kappa shape index (κ2) is 11.6. The van der Waals surface area contributed by atoms with E-state index < -0.39 is 0 Å². The number of rotatable bonds is 8. The molecule has 1 heterocycles. The summed E-state index contributed by atoms with van der Waals surface area (Å²) in [5, 5.41) is 3.25. The van der Waals surface area contributed by atoms with Gasteiger partial charge >= 0.3 is 6.09 Å². The highest BCUT2D eigenvalue weighted by Gasteiger charge is 2.35. The van der Waals surface area contributed by atoms with Crippen LogP contribution in [-0.2, 0) is 11.3 Å². The Hall–Kier alpha value is -3.67. The average Bonchev–Trinajstić information content (AvgIpc) is 3.78. The molecule has 2 fully saturated rings. The lowest BCUT2D eigenvalue weighted by atomic mass is 9.74. The molecule has 192 valence electrons. The van der Waals surface area contributed by atoms with Crippen molar-refractivity contribution in [3.05, 3.63) is 95.8 Å². The molecule has 0 spiro atoms. The van der Waals surface area contributed by atoms with Crippen LogP contribution in [-0.4, -0.2) is 27.9 Å². The summed E-state index contributed by atoms with van der Waals surface area (Å²) in [5.41, 5.74) is 3.38. The molecule has 3 aromatic rings. The summed E-state index contributed by atoms with van der Waals surface area (Å²) >= 11 is 0. The quantitative estimate of drug-likeness (QED) is 0.391. The van der Waals surface area contributed by atoms with Gasteiger partial charge in [0.05, 0.1) is 12.2 Å². The standard InChI is InChI=1S/C31H35N3O3/c1-22(24-8-3-2-4-9-24)33-30(35)29-12-6-5-11-28(29)25-15-13-23(14-16-25)21-34(26-17-18-26)31(36)37-27-10-7-19-32-20-27/h2-4,7-10,13-16,19-20,22,26,28-29H,5-6,11-12,17-18,21H2,1H3,(H,33,35)/t22-,28+,29-/m0/s1. The first-order valence-electron chi connectivity index (χ1n) is 13.4. The van der Waals surface area contributed by atoms with Gasteiger partial charge in [-0.05, 0) is 67.3 Å². The lowest BCUT2D eigenvalue weighted by Gasteiger charge is -2.32. The van der Waals surface area contributed by atoms with Gasteiger partial charge in [0.2, 0.25) is 5.91 Å². The molecule has 6 nitrogen and oxygen atoms in total. The molecule has 3 atom stereocenters. The van der Waals surface area contributed by atoms with Crippen molar-refractivity contribution in [1.29, 1.82) is 0 Å². The van der Waals surface area contributed by atoms with E-state index in [0.29, 0.717) is 12.3 Å². The van der Waals surface area contributed by atoms with E-state index in [4.69, 9.17) is 4.74 Å². The van der Waals surface area contributed by atoms with Crippen molar-refractivity contribution in [2.45, 2.75) is 70.0 Å². The normalized spacial score (nSPS) is 20.0. The van der Waals surface area contributed by atoms with Gasteiger partial charge in [-0.2, -0.15) is 0 Å². The monoisotopic (exact) mass is 497 g/mol. The second-order valence-electron chi connectivity index (χ2n) is 10.3. The molecule has 2 aromatic carbocycles. The molecule has 2 aliphatic carbocycles. The summed E-state index contributed by atoms with van der Waals surface area (Å²) in [4.78, 5) is 32.0. The van der Waals surface area contributed by atoms with Gasteiger partial charge in [0, 0.05) is 24.7 Å². The molecule has 1 N–H and O–H groups in total. The third-order valence-corrected chi connectivity index (χ3v) is 7.58. The van der Waals surface area contributed by atoms with Crippen LogP contribution in [0.1, 0.15) is 74.1 Å². The van der Waals surface area contributed by atoms with Crippen LogP contribution in [0.15, 0.2) is 79.1 Å². The third-order valence-electron chi connectivity index (χ3n) is 7.58. The predicted molar refractivity (Wildman–Crippen MR) is 143 cm³/mol. The van der Waals surface area contributed by atoms with Crippen molar-refractivity contribution in [1.82, 2.24) is 15.2 Å². The number of nitrogens with one attached hydrogen (secondary N) is 1. The van der Waals surface area contributed by atoms with Crippen LogP contribution in [0, 0.1) is 5.92 Å². The van der Waals surface area contributed by atoms with Crippen LogP contribution in [0.4, 0.5) is 4.79 Å². The molecular weight excluding hydrogens is 462 g/mol. The molecule has 0 aliphatic heterocycles. The lowest BCUT2D eigenvalue weighted by Crippen LogP contribution is -2.37. The molecule has 37 heavy (non-hydrogen) atoms. The largest absolute Gasteiger partial charge is 0.415 e. The molecule has 0 saturated heterocycles. The molecule has 0 bridgehead atoms. The number of ether oxygens (including phenoxy) is 1. The minimum Gasteiger partial charge on any atom is -0.409 e. The Bertz CT molecular complexity index is 1180. The second-order valence-corrected chi connectivity index (χ2v) is 10.3. The number of carbonyl (C=O) groups is 2. The van der Waals surface area contributed by atoms with Gasteiger partial charge in [-0.25, -0.2) is 4.79 Å². The van der Waals surface area contributed by atoms with E-state index in [-0.39, 0.29) is 35.9 Å². The van der Waals surface area contributed by atoms with Crippen molar-refractivity contribution >= 4 is 12.0 Å². The number of pyridine rings is 1. The maximum absolute atomic E-state index is 13.3. The van der Waals surface area contributed by atoms with Gasteiger partial charge in [0.15, 0.2) is 5.75 Å². The Balaban J connectivity index is 1.24.